The summed E-state index contributed by atoms with van der Waals surface area (Å²) in [6.07, 6.45) is 0.219. The van der Waals surface area contributed by atoms with Crippen LogP contribution in [0, 0.1) is 5.82 Å². The second kappa shape index (κ2) is 7.70. The molecule has 0 aliphatic rings. The maximum absolute atomic E-state index is 13.5. The molecule has 1 aromatic heterocycles. The molecule has 1 atom stereocenters. The number of carbonyl (C=O) groups excluding carboxylic acids is 1. The van der Waals surface area contributed by atoms with Gasteiger partial charge < -0.3 is 10.4 Å². The maximum atomic E-state index is 13.5. The Morgan fingerprint density at radius 2 is 2.00 bits per heavy atom. The molecule has 1 amide bonds. The number of rotatable bonds is 7. The minimum atomic E-state index is -0.979. The van der Waals surface area contributed by atoms with Crippen LogP contribution in [-0.4, -0.2) is 17.0 Å². The third kappa shape index (κ3) is 4.66. The van der Waals surface area contributed by atoms with Crippen LogP contribution < -0.4 is 5.32 Å². The molecule has 0 aliphatic carbocycles. The van der Waals surface area contributed by atoms with Crippen molar-refractivity contribution in [1.29, 1.82) is 0 Å². The Kier molecular flexibility index (Phi) is 5.66. The van der Waals surface area contributed by atoms with Crippen LogP contribution >= 0.6 is 11.3 Å². The summed E-state index contributed by atoms with van der Waals surface area (Å²) in [7, 11) is 0. The number of benzene rings is 1. The highest BCUT2D eigenvalue weighted by Gasteiger charge is 2.19. The van der Waals surface area contributed by atoms with Crippen LogP contribution in [0.25, 0.3) is 0 Å². The van der Waals surface area contributed by atoms with Crippen LogP contribution in [0.5, 0.6) is 0 Å². The Hall–Kier alpha value is -2.21. The van der Waals surface area contributed by atoms with E-state index in [0.29, 0.717) is 5.56 Å². The van der Waals surface area contributed by atoms with Gasteiger partial charge in [0.05, 0.1) is 12.5 Å². The van der Waals surface area contributed by atoms with E-state index >= 15 is 0 Å². The minimum Gasteiger partial charge on any atom is -0.481 e. The lowest BCUT2D eigenvalue weighted by Gasteiger charge is -2.15. The lowest BCUT2D eigenvalue weighted by molar-refractivity contribution is -0.137. The number of halogens is 1. The highest BCUT2D eigenvalue weighted by atomic mass is 32.1. The van der Waals surface area contributed by atoms with E-state index in [4.69, 9.17) is 5.11 Å². The molecule has 1 aromatic carbocycles. The van der Waals surface area contributed by atoms with E-state index in [0.717, 1.165) is 4.88 Å². The van der Waals surface area contributed by atoms with Crippen LogP contribution in [0.4, 0.5) is 4.39 Å². The summed E-state index contributed by atoms with van der Waals surface area (Å²) in [5.41, 5.74) is 0.476. The van der Waals surface area contributed by atoms with Crippen LogP contribution in [0.1, 0.15) is 29.3 Å². The van der Waals surface area contributed by atoms with Gasteiger partial charge in [0, 0.05) is 11.3 Å². The number of thiophene rings is 1. The summed E-state index contributed by atoms with van der Waals surface area (Å²) in [5.74, 6) is -1.61. The lowest BCUT2D eigenvalue weighted by atomic mass is 10.1. The van der Waals surface area contributed by atoms with Gasteiger partial charge in [0.2, 0.25) is 5.91 Å². The van der Waals surface area contributed by atoms with Gasteiger partial charge in [-0.15, -0.1) is 11.3 Å². The molecule has 1 unspecified atom stereocenters. The van der Waals surface area contributed by atoms with Gasteiger partial charge in [0.1, 0.15) is 5.82 Å². The number of nitrogens with one attached hydrogen (secondary N) is 1. The lowest BCUT2D eigenvalue weighted by Crippen LogP contribution is -2.29. The number of aryl methyl sites for hydroxylation is 1. The van der Waals surface area contributed by atoms with Crippen LogP contribution in [0.15, 0.2) is 41.8 Å². The highest BCUT2D eigenvalue weighted by Crippen LogP contribution is 2.22. The maximum Gasteiger partial charge on any atom is 0.305 e. The quantitative estimate of drug-likeness (QED) is 0.823. The average molecular weight is 321 g/mol. The van der Waals surface area contributed by atoms with E-state index in [9.17, 15) is 14.0 Å². The summed E-state index contributed by atoms with van der Waals surface area (Å²) in [6.45, 7) is 0. The van der Waals surface area contributed by atoms with Crippen molar-refractivity contribution in [3.63, 3.8) is 0 Å². The molecule has 0 aliphatic heterocycles. The van der Waals surface area contributed by atoms with Crippen molar-refractivity contribution in [3.8, 4) is 0 Å². The first-order valence-electron chi connectivity index (χ1n) is 6.84. The van der Waals surface area contributed by atoms with Gasteiger partial charge in [-0.3, -0.25) is 9.59 Å². The fourth-order valence-electron chi connectivity index (χ4n) is 2.10. The van der Waals surface area contributed by atoms with Gasteiger partial charge in [-0.1, -0.05) is 24.3 Å². The molecule has 22 heavy (non-hydrogen) atoms. The first kappa shape index (κ1) is 16.2. The van der Waals surface area contributed by atoms with Gasteiger partial charge in [-0.05, 0) is 29.5 Å². The zero-order chi connectivity index (χ0) is 15.9. The predicted molar refractivity (Wildman–Crippen MR) is 82.2 cm³/mol. The van der Waals surface area contributed by atoms with Crippen molar-refractivity contribution in [2.24, 2.45) is 0 Å². The molecule has 2 N–H and O–H groups in total. The molecule has 0 saturated carbocycles. The molecule has 0 saturated heterocycles. The van der Waals surface area contributed by atoms with Crippen molar-refractivity contribution >= 4 is 23.2 Å². The number of hydrogen-bond donors (Lipinski definition) is 2. The Bertz CT molecular complexity index is 643. The van der Waals surface area contributed by atoms with E-state index in [1.807, 2.05) is 5.38 Å². The smallest absolute Gasteiger partial charge is 0.305 e. The third-order valence-electron chi connectivity index (χ3n) is 3.18. The van der Waals surface area contributed by atoms with Crippen LogP contribution in [-0.2, 0) is 16.0 Å². The van der Waals surface area contributed by atoms with Gasteiger partial charge in [-0.25, -0.2) is 4.39 Å². The topological polar surface area (TPSA) is 66.4 Å². The summed E-state index contributed by atoms with van der Waals surface area (Å²) in [4.78, 5) is 23.7. The van der Waals surface area contributed by atoms with Crippen molar-refractivity contribution in [2.75, 3.05) is 0 Å². The fraction of sp³-hybridized carbons (Fsp3) is 0.250. The average Bonchev–Trinajstić information content (AvgIpc) is 2.99. The Morgan fingerprint density at radius 3 is 2.64 bits per heavy atom. The summed E-state index contributed by atoms with van der Waals surface area (Å²) in [5, 5.41) is 13.5. The Morgan fingerprint density at radius 1 is 1.23 bits per heavy atom. The van der Waals surface area contributed by atoms with Crippen LogP contribution in [0.2, 0.25) is 0 Å². The van der Waals surface area contributed by atoms with E-state index in [1.54, 1.807) is 30.3 Å². The Balaban J connectivity index is 1.94. The zero-order valence-electron chi connectivity index (χ0n) is 11.8. The summed E-state index contributed by atoms with van der Waals surface area (Å²) in [6, 6.07) is 9.34. The van der Waals surface area contributed by atoms with Gasteiger partial charge >= 0.3 is 5.97 Å². The fourth-order valence-corrected chi connectivity index (χ4v) is 2.88. The second-order valence-corrected chi connectivity index (χ2v) is 5.80. The molecular weight excluding hydrogens is 305 g/mol. The molecule has 2 rings (SSSR count). The van der Waals surface area contributed by atoms with Crippen molar-refractivity contribution in [2.45, 2.75) is 25.3 Å². The van der Waals surface area contributed by atoms with Crippen LogP contribution in [0.3, 0.4) is 0 Å². The zero-order valence-corrected chi connectivity index (χ0v) is 12.6. The monoisotopic (exact) mass is 321 g/mol. The number of aliphatic carboxylic acids is 1. The first-order chi connectivity index (χ1) is 10.6. The predicted octanol–water partition coefficient (Wildman–Crippen LogP) is 3.15. The molecule has 6 heteroatoms. The Labute approximate surface area is 131 Å². The highest BCUT2D eigenvalue weighted by molar-refractivity contribution is 7.10. The normalized spacial score (nSPS) is 11.9. The van der Waals surface area contributed by atoms with Crippen molar-refractivity contribution < 1.29 is 19.1 Å². The molecule has 1 heterocycles. The summed E-state index contributed by atoms with van der Waals surface area (Å²) < 4.78 is 13.5. The van der Waals surface area contributed by atoms with Gasteiger partial charge in [-0.2, -0.15) is 0 Å². The molecule has 4 nitrogen and oxygen atoms in total. The molecule has 0 radical (unpaired) electrons. The van der Waals surface area contributed by atoms with Crippen molar-refractivity contribution in [1.82, 2.24) is 5.32 Å². The number of carboxylic acids is 1. The largest absolute Gasteiger partial charge is 0.481 e. The van der Waals surface area contributed by atoms with E-state index in [1.165, 1.54) is 17.4 Å². The minimum absolute atomic E-state index is 0.114. The van der Waals surface area contributed by atoms with Gasteiger partial charge in [0.15, 0.2) is 0 Å². The SMILES string of the molecule is O=C(O)CC(NC(=O)CCc1ccccc1F)c1cccs1. The van der Waals surface area contributed by atoms with E-state index < -0.39 is 12.0 Å². The summed E-state index contributed by atoms with van der Waals surface area (Å²) >= 11 is 1.39. The first-order valence-corrected chi connectivity index (χ1v) is 7.72. The molecular formula is C16H16FNO3S. The number of hydrogen-bond acceptors (Lipinski definition) is 3. The van der Waals surface area contributed by atoms with Gasteiger partial charge in [0.25, 0.3) is 0 Å². The molecule has 2 aromatic rings. The number of amides is 1. The molecule has 116 valence electrons. The van der Waals surface area contributed by atoms with E-state index in [-0.39, 0.29) is 31.0 Å². The standard InChI is InChI=1S/C16H16FNO3S/c17-12-5-2-1-4-11(12)7-8-15(19)18-13(10-16(20)21)14-6-3-9-22-14/h1-6,9,13H,7-8,10H2,(H,18,19)(H,20,21). The number of carboxylic acid groups (broad SMARTS) is 1. The second-order valence-electron chi connectivity index (χ2n) is 4.82. The molecule has 0 fully saturated rings. The van der Waals surface area contributed by atoms with E-state index in [2.05, 4.69) is 5.32 Å². The molecule has 0 spiro atoms. The number of carbonyl (C=O) groups is 2. The third-order valence-corrected chi connectivity index (χ3v) is 4.17. The van der Waals surface area contributed by atoms with Crippen molar-refractivity contribution in [3.05, 3.63) is 58.0 Å². The molecule has 0 bridgehead atoms.